The second kappa shape index (κ2) is 8.14. The van der Waals surface area contributed by atoms with Crippen molar-refractivity contribution >= 4 is 11.8 Å². The van der Waals surface area contributed by atoms with Crippen LogP contribution < -0.4 is 11.1 Å². The lowest BCUT2D eigenvalue weighted by Gasteiger charge is -2.28. The third-order valence-corrected chi connectivity index (χ3v) is 5.23. The molecule has 3 rings (SSSR count). The zero-order valence-corrected chi connectivity index (χ0v) is 17.6. The highest BCUT2D eigenvalue weighted by atomic mass is 19.2. The average molecular weight is 419 g/mol. The average Bonchev–Trinajstić information content (AvgIpc) is 2.87. The van der Waals surface area contributed by atoms with E-state index in [4.69, 9.17) is 5.73 Å². The predicted molar refractivity (Wildman–Crippen MR) is 108 cm³/mol. The van der Waals surface area contributed by atoms with E-state index < -0.39 is 34.9 Å². The summed E-state index contributed by atoms with van der Waals surface area (Å²) < 4.78 is 29.1. The summed E-state index contributed by atoms with van der Waals surface area (Å²) in [5.74, 6) is -2.71. The Hall–Kier alpha value is -2.81. The van der Waals surface area contributed by atoms with Gasteiger partial charge in [-0.2, -0.15) is 0 Å². The zero-order chi connectivity index (χ0) is 22.2. The summed E-state index contributed by atoms with van der Waals surface area (Å²) in [6.07, 6.45) is 0.809. The molecule has 0 saturated carbocycles. The van der Waals surface area contributed by atoms with Gasteiger partial charge >= 0.3 is 0 Å². The van der Waals surface area contributed by atoms with Crippen LogP contribution in [0.3, 0.4) is 0 Å². The molecule has 0 radical (unpaired) electrons. The number of nitrogens with one attached hydrogen (secondary N) is 1. The maximum absolute atomic E-state index is 13.8. The number of imidazole rings is 1. The topological polar surface area (TPSA) is 93.2 Å². The molecule has 0 fully saturated rings. The maximum Gasteiger partial charge on any atom is 0.272 e. The summed E-state index contributed by atoms with van der Waals surface area (Å²) >= 11 is 0. The molecule has 1 aliphatic heterocycles. The van der Waals surface area contributed by atoms with Gasteiger partial charge in [-0.15, -0.1) is 0 Å². The first-order chi connectivity index (χ1) is 14.0. The SMILES string of the molecule is CN1CCCn2c(-c3ccc(F)c(F)c3)nc(C(=O)N[C@H](C(N)=O)C(C)(C)C)c2C1. The van der Waals surface area contributed by atoms with Crippen LogP contribution >= 0.6 is 0 Å². The van der Waals surface area contributed by atoms with Crippen LogP contribution in [0.1, 0.15) is 43.4 Å². The highest BCUT2D eigenvalue weighted by molar-refractivity contribution is 5.97. The first-order valence-electron chi connectivity index (χ1n) is 9.82. The van der Waals surface area contributed by atoms with Gasteiger partial charge in [0.1, 0.15) is 11.9 Å². The molecule has 162 valence electrons. The number of hydrogen-bond acceptors (Lipinski definition) is 4. The van der Waals surface area contributed by atoms with Crippen molar-refractivity contribution in [1.82, 2.24) is 19.8 Å². The second-order valence-corrected chi connectivity index (χ2v) is 8.78. The molecule has 0 aliphatic carbocycles. The molecule has 7 nitrogen and oxygen atoms in total. The maximum atomic E-state index is 13.8. The Morgan fingerprint density at radius 2 is 1.90 bits per heavy atom. The van der Waals surface area contributed by atoms with Gasteiger partial charge < -0.3 is 20.5 Å². The second-order valence-electron chi connectivity index (χ2n) is 8.78. The van der Waals surface area contributed by atoms with Crippen LogP contribution in [0.5, 0.6) is 0 Å². The summed E-state index contributed by atoms with van der Waals surface area (Å²) in [7, 11) is 1.93. The number of aromatic nitrogens is 2. The molecule has 30 heavy (non-hydrogen) atoms. The third-order valence-electron chi connectivity index (χ3n) is 5.23. The van der Waals surface area contributed by atoms with Gasteiger partial charge in [0.2, 0.25) is 5.91 Å². The summed E-state index contributed by atoms with van der Waals surface area (Å²) in [4.78, 5) is 31.6. The number of hydrogen-bond donors (Lipinski definition) is 2. The Morgan fingerprint density at radius 3 is 2.50 bits per heavy atom. The minimum Gasteiger partial charge on any atom is -0.368 e. The van der Waals surface area contributed by atoms with Gasteiger partial charge in [0.05, 0.1) is 5.69 Å². The molecular weight excluding hydrogens is 392 g/mol. The summed E-state index contributed by atoms with van der Waals surface area (Å²) in [5.41, 5.74) is 6.10. The number of benzene rings is 1. The molecule has 0 bridgehead atoms. The molecule has 2 amide bonds. The quantitative estimate of drug-likeness (QED) is 0.795. The van der Waals surface area contributed by atoms with Gasteiger partial charge in [-0.05, 0) is 43.6 Å². The number of fused-ring (bicyclic) bond motifs is 1. The normalized spacial score (nSPS) is 15.9. The Kier molecular flexibility index (Phi) is 5.94. The number of nitrogens with zero attached hydrogens (tertiary/aromatic N) is 3. The monoisotopic (exact) mass is 419 g/mol. The van der Waals surface area contributed by atoms with E-state index in [1.54, 1.807) is 20.8 Å². The van der Waals surface area contributed by atoms with E-state index in [-0.39, 0.29) is 5.69 Å². The minimum absolute atomic E-state index is 0.152. The molecule has 1 aliphatic rings. The molecule has 1 aromatic carbocycles. The highest BCUT2D eigenvalue weighted by Gasteiger charge is 2.34. The van der Waals surface area contributed by atoms with Gasteiger partial charge in [0.25, 0.3) is 5.91 Å². The molecule has 3 N–H and O–H groups in total. The standard InChI is InChI=1S/C21H27F2N5O2/c1-21(2,3)17(18(24)29)26-20(30)16-15-11-27(4)8-5-9-28(15)19(25-16)12-6-7-13(22)14(23)10-12/h6-7,10,17H,5,8-9,11H2,1-4H3,(H2,24,29)(H,26,30)/t17-/m1/s1. The van der Waals surface area contributed by atoms with Crippen LogP contribution in [0.25, 0.3) is 11.4 Å². The van der Waals surface area contributed by atoms with Gasteiger partial charge in [0, 0.05) is 18.7 Å². The van der Waals surface area contributed by atoms with Crippen LogP contribution in [0.4, 0.5) is 8.78 Å². The largest absolute Gasteiger partial charge is 0.368 e. The predicted octanol–water partition coefficient (Wildman–Crippen LogP) is 2.29. The minimum atomic E-state index is -0.983. The molecule has 0 unspecified atom stereocenters. The first kappa shape index (κ1) is 21.9. The molecule has 1 atom stereocenters. The van der Waals surface area contributed by atoms with E-state index in [1.165, 1.54) is 6.07 Å². The number of nitrogens with two attached hydrogens (primary N) is 1. The smallest absolute Gasteiger partial charge is 0.272 e. The lowest BCUT2D eigenvalue weighted by molar-refractivity contribution is -0.122. The van der Waals surface area contributed by atoms with Gasteiger partial charge in [-0.1, -0.05) is 20.8 Å². The van der Waals surface area contributed by atoms with Crippen molar-refractivity contribution in [1.29, 1.82) is 0 Å². The third kappa shape index (κ3) is 4.35. The fourth-order valence-corrected chi connectivity index (χ4v) is 3.67. The Bertz CT molecular complexity index is 981. The van der Waals surface area contributed by atoms with Crippen LogP contribution in [0, 0.1) is 17.0 Å². The van der Waals surface area contributed by atoms with Crippen molar-refractivity contribution in [2.45, 2.75) is 46.3 Å². The highest BCUT2D eigenvalue weighted by Crippen LogP contribution is 2.28. The van der Waals surface area contributed by atoms with Crippen LogP contribution in [-0.2, 0) is 17.9 Å². The van der Waals surface area contributed by atoms with Crippen molar-refractivity contribution in [2.24, 2.45) is 11.1 Å². The van der Waals surface area contributed by atoms with E-state index in [2.05, 4.69) is 15.2 Å². The first-order valence-corrected chi connectivity index (χ1v) is 9.82. The number of halogens is 2. The van der Waals surface area contributed by atoms with Crippen molar-refractivity contribution in [3.63, 3.8) is 0 Å². The molecule has 0 saturated heterocycles. The zero-order valence-electron chi connectivity index (χ0n) is 17.6. The lowest BCUT2D eigenvalue weighted by atomic mass is 9.86. The molecule has 1 aromatic heterocycles. The molecular formula is C21H27F2N5O2. The van der Waals surface area contributed by atoms with Crippen molar-refractivity contribution in [2.75, 3.05) is 13.6 Å². The number of amides is 2. The van der Waals surface area contributed by atoms with Crippen molar-refractivity contribution in [3.05, 3.63) is 41.2 Å². The fraction of sp³-hybridized carbons (Fsp3) is 0.476. The lowest BCUT2D eigenvalue weighted by Crippen LogP contribution is -2.52. The van der Waals surface area contributed by atoms with Crippen LogP contribution in [-0.4, -0.2) is 45.9 Å². The van der Waals surface area contributed by atoms with Gasteiger partial charge in [-0.25, -0.2) is 13.8 Å². The molecule has 0 spiro atoms. The summed E-state index contributed by atoms with van der Waals surface area (Å²) in [6, 6.07) is 2.66. The van der Waals surface area contributed by atoms with E-state index in [0.717, 1.165) is 25.1 Å². The summed E-state index contributed by atoms with van der Waals surface area (Å²) in [5, 5.41) is 2.70. The van der Waals surface area contributed by atoms with E-state index >= 15 is 0 Å². The van der Waals surface area contributed by atoms with Crippen LogP contribution in [0.15, 0.2) is 18.2 Å². The van der Waals surface area contributed by atoms with Crippen molar-refractivity contribution < 1.29 is 18.4 Å². The Labute approximate surface area is 174 Å². The Morgan fingerprint density at radius 1 is 1.20 bits per heavy atom. The molecule has 9 heteroatoms. The molecule has 2 aromatic rings. The summed E-state index contributed by atoms with van der Waals surface area (Å²) in [6.45, 7) is 7.25. The number of primary amides is 1. The number of carbonyl (C=O) groups excluding carboxylic acids is 2. The Balaban J connectivity index is 2.08. The number of rotatable bonds is 4. The van der Waals surface area contributed by atoms with E-state index in [0.29, 0.717) is 30.2 Å². The van der Waals surface area contributed by atoms with E-state index in [1.807, 2.05) is 11.6 Å². The van der Waals surface area contributed by atoms with Crippen molar-refractivity contribution in [3.8, 4) is 11.4 Å². The van der Waals surface area contributed by atoms with Crippen LogP contribution in [0.2, 0.25) is 0 Å². The molecule has 2 heterocycles. The van der Waals surface area contributed by atoms with E-state index in [9.17, 15) is 18.4 Å². The number of carbonyl (C=O) groups is 2. The fourth-order valence-electron chi connectivity index (χ4n) is 3.67. The van der Waals surface area contributed by atoms with Gasteiger partial charge in [0.15, 0.2) is 17.3 Å². The van der Waals surface area contributed by atoms with Gasteiger partial charge in [-0.3, -0.25) is 9.59 Å².